The maximum absolute atomic E-state index is 5.88. The maximum Gasteiger partial charge on any atom is 0.228 e. The van der Waals surface area contributed by atoms with Crippen molar-refractivity contribution in [2.24, 2.45) is 0 Å². The van der Waals surface area contributed by atoms with Crippen LogP contribution in [0.4, 0.5) is 5.95 Å². The molecule has 0 aromatic carbocycles. The van der Waals surface area contributed by atoms with Crippen molar-refractivity contribution in [3.8, 4) is 5.88 Å². The number of hydrogen-bond acceptors (Lipinski definition) is 4. The number of aromatic nitrogens is 2. The van der Waals surface area contributed by atoms with E-state index in [-0.39, 0.29) is 0 Å². The van der Waals surface area contributed by atoms with Gasteiger partial charge in [0.05, 0.1) is 6.61 Å². The van der Waals surface area contributed by atoms with Crippen molar-refractivity contribution in [3.63, 3.8) is 0 Å². The zero-order chi connectivity index (χ0) is 12.8. The summed E-state index contributed by atoms with van der Waals surface area (Å²) < 4.78 is 5.43. The minimum Gasteiger partial charge on any atom is -0.478 e. The molecule has 0 radical (unpaired) electrons. The first kappa shape index (κ1) is 13.4. The second-order valence-corrected chi connectivity index (χ2v) is 4.83. The minimum absolute atomic E-state index is 0.466. The highest BCUT2D eigenvalue weighted by Gasteiger charge is 2.24. The molecule has 1 aromatic rings. The Balaban J connectivity index is 2.14. The lowest BCUT2D eigenvalue weighted by atomic mass is 10.0. The van der Waals surface area contributed by atoms with E-state index in [9.17, 15) is 0 Å². The van der Waals surface area contributed by atoms with E-state index in [1.807, 2.05) is 6.92 Å². The maximum atomic E-state index is 5.88. The number of rotatable bonds is 5. The normalized spacial score (nSPS) is 19.9. The van der Waals surface area contributed by atoms with Crippen LogP contribution in [-0.2, 0) is 0 Å². The third kappa shape index (κ3) is 3.25. The molecule has 1 unspecified atom stereocenters. The van der Waals surface area contributed by atoms with Gasteiger partial charge in [-0.05, 0) is 32.6 Å². The molecule has 18 heavy (non-hydrogen) atoms. The first-order chi connectivity index (χ1) is 8.85. The number of piperidine rings is 1. The molecule has 2 rings (SSSR count). The Morgan fingerprint density at radius 3 is 3.17 bits per heavy atom. The minimum atomic E-state index is 0.466. The van der Waals surface area contributed by atoms with E-state index < -0.39 is 0 Å². The van der Waals surface area contributed by atoms with Crippen LogP contribution in [0, 0.1) is 0 Å². The topological polar surface area (TPSA) is 38.2 Å². The summed E-state index contributed by atoms with van der Waals surface area (Å²) in [4.78, 5) is 11.1. The van der Waals surface area contributed by atoms with Crippen molar-refractivity contribution >= 4 is 17.5 Å². The van der Waals surface area contributed by atoms with Gasteiger partial charge in [-0.15, -0.1) is 11.6 Å². The van der Waals surface area contributed by atoms with Crippen LogP contribution in [-0.4, -0.2) is 35.0 Å². The SMILES string of the molecule is CCOc1ccnc(N2CCCCC2CCCl)n1. The molecule has 1 aromatic heterocycles. The molecule has 0 aliphatic carbocycles. The second-order valence-electron chi connectivity index (χ2n) is 4.45. The molecule has 1 aliphatic heterocycles. The summed E-state index contributed by atoms with van der Waals surface area (Å²) in [6.07, 6.45) is 6.39. The van der Waals surface area contributed by atoms with E-state index in [2.05, 4.69) is 14.9 Å². The lowest BCUT2D eigenvalue weighted by Crippen LogP contribution is -2.40. The average molecular weight is 270 g/mol. The van der Waals surface area contributed by atoms with Crippen LogP contribution < -0.4 is 9.64 Å². The highest BCUT2D eigenvalue weighted by atomic mass is 35.5. The summed E-state index contributed by atoms with van der Waals surface area (Å²) in [5, 5.41) is 0. The Morgan fingerprint density at radius 1 is 1.50 bits per heavy atom. The summed E-state index contributed by atoms with van der Waals surface area (Å²) in [6, 6.07) is 2.26. The summed E-state index contributed by atoms with van der Waals surface area (Å²) in [6.45, 7) is 3.59. The molecule has 100 valence electrons. The summed E-state index contributed by atoms with van der Waals surface area (Å²) in [5.41, 5.74) is 0. The third-order valence-electron chi connectivity index (χ3n) is 3.24. The van der Waals surface area contributed by atoms with Crippen molar-refractivity contribution in [1.82, 2.24) is 9.97 Å². The molecule has 0 amide bonds. The Bertz CT molecular complexity index is 373. The zero-order valence-electron chi connectivity index (χ0n) is 10.8. The average Bonchev–Trinajstić information content (AvgIpc) is 2.40. The van der Waals surface area contributed by atoms with E-state index in [4.69, 9.17) is 16.3 Å². The Hall–Kier alpha value is -1.03. The molecular weight excluding hydrogens is 250 g/mol. The van der Waals surface area contributed by atoms with Crippen LogP contribution in [0.25, 0.3) is 0 Å². The zero-order valence-corrected chi connectivity index (χ0v) is 11.6. The number of alkyl halides is 1. The van der Waals surface area contributed by atoms with E-state index in [1.165, 1.54) is 19.3 Å². The quantitative estimate of drug-likeness (QED) is 0.771. The van der Waals surface area contributed by atoms with Gasteiger partial charge in [0.15, 0.2) is 0 Å². The predicted molar refractivity (Wildman–Crippen MR) is 73.5 cm³/mol. The molecule has 5 heteroatoms. The van der Waals surface area contributed by atoms with Crippen LogP contribution in [0.2, 0.25) is 0 Å². The fourth-order valence-electron chi connectivity index (χ4n) is 2.39. The fraction of sp³-hybridized carbons (Fsp3) is 0.692. The molecule has 0 spiro atoms. The molecule has 1 aliphatic rings. The molecule has 2 heterocycles. The summed E-state index contributed by atoms with van der Waals surface area (Å²) in [5.74, 6) is 2.11. The van der Waals surface area contributed by atoms with Gasteiger partial charge in [-0.1, -0.05) is 0 Å². The van der Waals surface area contributed by atoms with Crippen LogP contribution in [0.1, 0.15) is 32.6 Å². The summed E-state index contributed by atoms with van der Waals surface area (Å²) in [7, 11) is 0. The van der Waals surface area contributed by atoms with Crippen molar-refractivity contribution in [1.29, 1.82) is 0 Å². The number of halogens is 1. The fourth-order valence-corrected chi connectivity index (χ4v) is 2.64. The second kappa shape index (κ2) is 6.78. The number of nitrogens with zero attached hydrogens (tertiary/aromatic N) is 3. The molecule has 1 atom stereocenters. The standard InChI is InChI=1S/C13H20ClN3O/c1-2-18-12-7-9-15-13(16-12)17-10-4-3-5-11(17)6-8-14/h7,9,11H,2-6,8,10H2,1H3. The lowest BCUT2D eigenvalue weighted by Gasteiger charge is -2.35. The molecule has 0 saturated carbocycles. The van der Waals surface area contributed by atoms with Gasteiger partial charge in [0.2, 0.25) is 11.8 Å². The van der Waals surface area contributed by atoms with Gasteiger partial charge in [-0.2, -0.15) is 4.98 Å². The monoisotopic (exact) mass is 269 g/mol. The molecule has 0 N–H and O–H groups in total. The van der Waals surface area contributed by atoms with E-state index in [0.717, 1.165) is 18.9 Å². The van der Waals surface area contributed by atoms with Gasteiger partial charge in [0.25, 0.3) is 0 Å². The lowest BCUT2D eigenvalue weighted by molar-refractivity contribution is 0.325. The van der Waals surface area contributed by atoms with Crippen molar-refractivity contribution < 1.29 is 4.74 Å². The third-order valence-corrected chi connectivity index (χ3v) is 3.45. The smallest absolute Gasteiger partial charge is 0.228 e. The Labute approximate surface area is 113 Å². The highest BCUT2D eigenvalue weighted by Crippen LogP contribution is 2.25. The first-order valence-corrected chi connectivity index (χ1v) is 7.17. The molecule has 1 fully saturated rings. The number of hydrogen-bond donors (Lipinski definition) is 0. The van der Waals surface area contributed by atoms with E-state index in [1.54, 1.807) is 12.3 Å². The van der Waals surface area contributed by atoms with Gasteiger partial charge in [-0.3, -0.25) is 0 Å². The molecule has 1 saturated heterocycles. The molecule has 4 nitrogen and oxygen atoms in total. The number of anilines is 1. The van der Waals surface area contributed by atoms with E-state index >= 15 is 0 Å². The Kier molecular flexibility index (Phi) is 5.05. The van der Waals surface area contributed by atoms with Gasteiger partial charge >= 0.3 is 0 Å². The first-order valence-electron chi connectivity index (χ1n) is 6.63. The van der Waals surface area contributed by atoms with Crippen LogP contribution >= 0.6 is 11.6 Å². The van der Waals surface area contributed by atoms with Crippen molar-refractivity contribution in [3.05, 3.63) is 12.3 Å². The van der Waals surface area contributed by atoms with Gasteiger partial charge in [0.1, 0.15) is 0 Å². The highest BCUT2D eigenvalue weighted by molar-refractivity contribution is 6.17. The molecular formula is C13H20ClN3O. The predicted octanol–water partition coefficient (Wildman–Crippen LogP) is 2.86. The number of ether oxygens (including phenoxy) is 1. The summed E-state index contributed by atoms with van der Waals surface area (Å²) >= 11 is 5.88. The Morgan fingerprint density at radius 2 is 2.39 bits per heavy atom. The largest absolute Gasteiger partial charge is 0.478 e. The van der Waals surface area contributed by atoms with Crippen LogP contribution in [0.15, 0.2) is 12.3 Å². The van der Waals surface area contributed by atoms with Gasteiger partial charge in [0, 0.05) is 30.7 Å². The molecule has 0 bridgehead atoms. The van der Waals surface area contributed by atoms with Crippen molar-refractivity contribution in [2.75, 3.05) is 23.9 Å². The van der Waals surface area contributed by atoms with Crippen LogP contribution in [0.3, 0.4) is 0 Å². The van der Waals surface area contributed by atoms with Crippen molar-refractivity contribution in [2.45, 2.75) is 38.6 Å². The van der Waals surface area contributed by atoms with E-state index in [0.29, 0.717) is 24.4 Å². The van der Waals surface area contributed by atoms with Gasteiger partial charge in [-0.25, -0.2) is 4.98 Å². The van der Waals surface area contributed by atoms with Crippen LogP contribution in [0.5, 0.6) is 5.88 Å². The van der Waals surface area contributed by atoms with Gasteiger partial charge < -0.3 is 9.64 Å².